The molecule has 0 saturated carbocycles. The minimum absolute atomic E-state index is 0.143. The van der Waals surface area contributed by atoms with Gasteiger partial charge in [-0.05, 0) is 43.7 Å². The van der Waals surface area contributed by atoms with E-state index in [0.717, 1.165) is 24.8 Å². The van der Waals surface area contributed by atoms with E-state index in [0.29, 0.717) is 5.92 Å². The van der Waals surface area contributed by atoms with Crippen LogP contribution in [-0.2, 0) is 26.0 Å². The lowest BCUT2D eigenvalue weighted by atomic mass is 9.86. The number of allylic oxidation sites excluding steroid dienone is 2. The van der Waals surface area contributed by atoms with Crippen LogP contribution in [0.15, 0.2) is 36.1 Å². The van der Waals surface area contributed by atoms with E-state index >= 15 is 0 Å². The SMILES string of the molecule is C=C(C)C1CC=C(CO[P+](O)([S-])OC[C@H]2O[C@@H](n3ccc(=N)nc3[O-])C[C@@H]2O)CC1. The lowest BCUT2D eigenvalue weighted by Gasteiger charge is -2.26. The maximum Gasteiger partial charge on any atom is 0.286 e. The first kappa shape index (κ1) is 23.4. The van der Waals surface area contributed by atoms with Gasteiger partial charge in [0, 0.05) is 12.6 Å². The molecule has 11 heteroatoms. The zero-order valence-corrected chi connectivity index (χ0v) is 18.5. The van der Waals surface area contributed by atoms with Crippen LogP contribution in [0.2, 0.25) is 0 Å². The van der Waals surface area contributed by atoms with Crippen LogP contribution in [0.5, 0.6) is 6.01 Å². The van der Waals surface area contributed by atoms with Gasteiger partial charge in [0.15, 0.2) is 0 Å². The number of hydrogen-bond acceptors (Lipinski definition) is 9. The first-order chi connectivity index (χ1) is 14.1. The van der Waals surface area contributed by atoms with E-state index in [2.05, 4.69) is 17.6 Å². The van der Waals surface area contributed by atoms with E-state index < -0.39 is 31.6 Å². The predicted molar refractivity (Wildman–Crippen MR) is 111 cm³/mol. The van der Waals surface area contributed by atoms with Crippen molar-refractivity contribution in [2.75, 3.05) is 13.2 Å². The number of hydrogen-bond donors (Lipinski definition) is 3. The Balaban J connectivity index is 1.48. The van der Waals surface area contributed by atoms with E-state index in [4.69, 9.17) is 31.4 Å². The molecule has 9 nitrogen and oxygen atoms in total. The fourth-order valence-electron chi connectivity index (χ4n) is 3.50. The molecule has 30 heavy (non-hydrogen) atoms. The monoisotopic (exact) mass is 456 g/mol. The van der Waals surface area contributed by atoms with Crippen LogP contribution >= 0.6 is 7.15 Å². The first-order valence-electron chi connectivity index (χ1n) is 9.74. The minimum Gasteiger partial charge on any atom is -0.846 e. The van der Waals surface area contributed by atoms with Crippen LogP contribution in [0.25, 0.3) is 0 Å². The van der Waals surface area contributed by atoms with Crippen molar-refractivity contribution in [2.45, 2.75) is 51.0 Å². The lowest BCUT2D eigenvalue weighted by molar-refractivity contribution is -0.290. The molecule has 166 valence electrons. The summed E-state index contributed by atoms with van der Waals surface area (Å²) in [4.78, 5) is 13.8. The predicted octanol–water partition coefficient (Wildman–Crippen LogP) is 1.64. The third-order valence-corrected chi connectivity index (χ3v) is 6.92. The topological polar surface area (TPSA) is 133 Å². The van der Waals surface area contributed by atoms with Gasteiger partial charge in [0.2, 0.25) is 0 Å². The van der Waals surface area contributed by atoms with Crippen LogP contribution < -0.4 is 10.6 Å². The summed E-state index contributed by atoms with van der Waals surface area (Å²) >= 11 is 5.07. The molecule has 0 aromatic carbocycles. The van der Waals surface area contributed by atoms with Crippen molar-refractivity contribution in [3.8, 4) is 6.01 Å². The molecule has 2 heterocycles. The third-order valence-electron chi connectivity index (χ3n) is 5.36. The van der Waals surface area contributed by atoms with Crippen LogP contribution in [-0.4, -0.2) is 45.0 Å². The third kappa shape index (κ3) is 6.13. The second kappa shape index (κ2) is 9.91. The molecular formula is C19H27N3O6PS-. The van der Waals surface area contributed by atoms with Crippen LogP contribution in [0, 0.1) is 11.3 Å². The second-order valence-corrected chi connectivity index (χ2v) is 10.5. The van der Waals surface area contributed by atoms with E-state index in [1.54, 1.807) is 0 Å². The molecular weight excluding hydrogens is 429 g/mol. The summed E-state index contributed by atoms with van der Waals surface area (Å²) in [6, 6.07) is 0.729. The summed E-state index contributed by atoms with van der Waals surface area (Å²) in [5, 5.41) is 29.5. The molecule has 0 amide bonds. The molecule has 5 atom stereocenters. The fraction of sp³-hybridized carbons (Fsp3) is 0.579. The zero-order chi connectivity index (χ0) is 21.9. The number of aromatic nitrogens is 2. The molecule has 2 aliphatic rings. The Labute approximate surface area is 181 Å². The number of nitrogens with one attached hydrogen (secondary N) is 1. The largest absolute Gasteiger partial charge is 0.846 e. The average Bonchev–Trinajstić information content (AvgIpc) is 3.05. The molecule has 0 bridgehead atoms. The van der Waals surface area contributed by atoms with Gasteiger partial charge in [-0.3, -0.25) is 5.41 Å². The van der Waals surface area contributed by atoms with Gasteiger partial charge >= 0.3 is 0 Å². The fourth-order valence-corrected chi connectivity index (χ4v) is 4.58. The average molecular weight is 456 g/mol. The van der Waals surface area contributed by atoms with E-state index in [9.17, 15) is 15.1 Å². The molecule has 1 aliphatic carbocycles. The summed E-state index contributed by atoms with van der Waals surface area (Å²) in [6.45, 7) is 6.06. The van der Waals surface area contributed by atoms with Crippen molar-refractivity contribution < 1.29 is 28.9 Å². The Hall–Kier alpha value is -1.26. The zero-order valence-electron chi connectivity index (χ0n) is 16.8. The molecule has 2 unspecified atom stereocenters. The second-order valence-electron chi connectivity index (χ2n) is 7.65. The van der Waals surface area contributed by atoms with Gasteiger partial charge in [0.25, 0.3) is 7.15 Å². The van der Waals surface area contributed by atoms with Crippen LogP contribution in [0.3, 0.4) is 0 Å². The molecule has 0 spiro atoms. The highest BCUT2D eigenvalue weighted by atomic mass is 32.7. The van der Waals surface area contributed by atoms with Crippen molar-refractivity contribution in [3.05, 3.63) is 41.6 Å². The Kier molecular flexibility index (Phi) is 7.73. The van der Waals surface area contributed by atoms with Crippen molar-refractivity contribution in [2.24, 2.45) is 5.92 Å². The standard InChI is InChI=1S/C19H28N3O6PS/c1-12(2)14-5-3-13(4-6-14)10-26-29(25,30)27-11-16-15(23)9-18(28-16)22-8-7-17(20)21-19(22)24/h3,7-8,14-16,18,23H,1,4-6,9-11H2,2H3,(H,25,30)(H2,20,21,24)/p-1/t14?,15-,16+,18+,29?/m0/s1. The number of rotatable bonds is 8. The Morgan fingerprint density at radius 2 is 2.30 bits per heavy atom. The first-order valence-corrected chi connectivity index (χ1v) is 12.3. The van der Waals surface area contributed by atoms with Crippen molar-refractivity contribution >= 4 is 19.4 Å². The van der Waals surface area contributed by atoms with Crippen LogP contribution in [0.1, 0.15) is 38.8 Å². The number of nitrogens with zero attached hydrogens (tertiary/aromatic N) is 2. The molecule has 1 aliphatic heterocycles. The van der Waals surface area contributed by atoms with Gasteiger partial charge in [-0.2, -0.15) is 9.05 Å². The van der Waals surface area contributed by atoms with E-state index in [1.165, 1.54) is 22.4 Å². The molecule has 3 rings (SSSR count). The van der Waals surface area contributed by atoms with Crippen molar-refractivity contribution in [1.82, 2.24) is 9.55 Å². The van der Waals surface area contributed by atoms with E-state index in [1.807, 2.05) is 6.92 Å². The molecule has 1 saturated heterocycles. The minimum atomic E-state index is -3.50. The maximum absolute atomic E-state index is 11.9. The quantitative estimate of drug-likeness (QED) is 0.305. The molecule has 1 aromatic heterocycles. The number of aliphatic hydroxyl groups is 1. The summed E-state index contributed by atoms with van der Waals surface area (Å²) in [7, 11) is -3.50. The molecule has 1 fully saturated rings. The van der Waals surface area contributed by atoms with Gasteiger partial charge < -0.3 is 31.8 Å². The number of ether oxygens (including phenoxy) is 1. The van der Waals surface area contributed by atoms with Gasteiger partial charge in [-0.1, -0.05) is 18.2 Å². The lowest BCUT2D eigenvalue weighted by Crippen LogP contribution is -2.27. The van der Waals surface area contributed by atoms with Gasteiger partial charge in [0.05, 0.1) is 12.1 Å². The molecule has 3 N–H and O–H groups in total. The summed E-state index contributed by atoms with van der Waals surface area (Å²) in [5.41, 5.74) is 2.10. The van der Waals surface area contributed by atoms with Gasteiger partial charge in [0.1, 0.15) is 31.0 Å². The summed E-state index contributed by atoms with van der Waals surface area (Å²) in [5.74, 6) is 0.483. The van der Waals surface area contributed by atoms with Crippen LogP contribution in [0.4, 0.5) is 0 Å². The highest BCUT2D eigenvalue weighted by molar-refractivity contribution is 8.35. The Bertz CT molecular complexity index is 861. The van der Waals surface area contributed by atoms with Gasteiger partial charge in [-0.25, -0.2) is 9.88 Å². The Morgan fingerprint density at radius 1 is 1.53 bits per heavy atom. The highest BCUT2D eigenvalue weighted by Crippen LogP contribution is 2.55. The summed E-state index contributed by atoms with van der Waals surface area (Å²) < 4.78 is 17.7. The normalized spacial score (nSPS) is 28.7. The van der Waals surface area contributed by atoms with Crippen molar-refractivity contribution in [1.29, 1.82) is 5.41 Å². The molecule has 1 aromatic rings. The number of aliphatic hydroxyl groups excluding tert-OH is 1. The summed E-state index contributed by atoms with van der Waals surface area (Å²) in [6.07, 6.45) is 3.99. The molecule has 0 radical (unpaired) electrons. The maximum atomic E-state index is 11.9. The van der Waals surface area contributed by atoms with Gasteiger partial charge in [-0.15, -0.1) is 0 Å². The highest BCUT2D eigenvalue weighted by Gasteiger charge is 2.38. The van der Waals surface area contributed by atoms with E-state index in [-0.39, 0.29) is 25.1 Å². The smallest absolute Gasteiger partial charge is 0.286 e. The Morgan fingerprint density at radius 3 is 2.93 bits per heavy atom. The van der Waals surface area contributed by atoms with Crippen molar-refractivity contribution in [3.63, 3.8) is 0 Å².